The lowest BCUT2D eigenvalue weighted by molar-refractivity contribution is -0.143. The summed E-state index contributed by atoms with van der Waals surface area (Å²) in [7, 11) is 0. The largest absolute Gasteiger partial charge is 0.466 e. The minimum Gasteiger partial charge on any atom is -0.466 e. The van der Waals surface area contributed by atoms with Crippen LogP contribution in [-0.2, 0) is 14.3 Å². The summed E-state index contributed by atoms with van der Waals surface area (Å²) >= 11 is 0. The zero-order valence-corrected chi connectivity index (χ0v) is 39.0. The summed E-state index contributed by atoms with van der Waals surface area (Å²) in [4.78, 5) is 24.5. The molecule has 344 valence electrons. The van der Waals surface area contributed by atoms with E-state index in [0.717, 1.165) is 57.8 Å². The van der Waals surface area contributed by atoms with Crippen LogP contribution >= 0.6 is 0 Å². The molecule has 0 aromatic heterocycles. The number of unbranched alkanes of at least 4 members (excludes halogenated alkanes) is 35. The molecule has 0 aliphatic heterocycles. The van der Waals surface area contributed by atoms with Crippen molar-refractivity contribution in [3.05, 3.63) is 12.2 Å². The normalized spacial score (nSPS) is 12.7. The molecular weight excluding hydrogens is 719 g/mol. The number of carbonyl (C=O) groups excluding carboxylic acids is 2. The first-order valence-electron chi connectivity index (χ1n) is 25.9. The number of carbonyl (C=O) groups is 2. The number of aliphatic hydroxyl groups excluding tert-OH is 2. The third-order valence-electron chi connectivity index (χ3n) is 12.1. The van der Waals surface area contributed by atoms with Crippen LogP contribution in [0.2, 0.25) is 0 Å². The Hall–Kier alpha value is -1.40. The fraction of sp³-hybridized carbons (Fsp3) is 0.923. The van der Waals surface area contributed by atoms with Gasteiger partial charge in [-0.2, -0.15) is 0 Å². The number of amides is 1. The number of ether oxygens (including phenoxy) is 1. The van der Waals surface area contributed by atoms with E-state index in [2.05, 4.69) is 31.3 Å². The van der Waals surface area contributed by atoms with Crippen LogP contribution in [-0.4, -0.2) is 47.4 Å². The van der Waals surface area contributed by atoms with Crippen molar-refractivity contribution in [2.24, 2.45) is 0 Å². The van der Waals surface area contributed by atoms with Crippen LogP contribution in [0.4, 0.5) is 0 Å². The predicted molar refractivity (Wildman–Crippen MR) is 250 cm³/mol. The van der Waals surface area contributed by atoms with Crippen molar-refractivity contribution < 1.29 is 24.5 Å². The second kappa shape index (κ2) is 48.3. The lowest BCUT2D eigenvalue weighted by Crippen LogP contribution is -2.45. The lowest BCUT2D eigenvalue weighted by atomic mass is 10.0. The standard InChI is InChI=1S/C52H101NO5/c1-3-5-7-9-11-13-15-17-18-19-20-21-22-24-26-30-34-38-42-46-52(57)58-47-43-39-35-31-27-29-33-37-41-45-51(56)53-49(48-54)50(55)44-40-36-32-28-25-23-16-14-12-10-8-6-4-2/h17-18,49-50,54-55H,3-16,19-48H2,1-2H3,(H,53,56)/b18-17-. The first-order valence-corrected chi connectivity index (χ1v) is 25.9. The molecule has 2 unspecified atom stereocenters. The van der Waals surface area contributed by atoms with E-state index in [1.54, 1.807) is 0 Å². The molecule has 0 saturated heterocycles. The molecule has 1 amide bonds. The van der Waals surface area contributed by atoms with Crippen LogP contribution in [0.5, 0.6) is 0 Å². The summed E-state index contributed by atoms with van der Waals surface area (Å²) in [6, 6.07) is -0.560. The molecule has 0 aromatic carbocycles. The van der Waals surface area contributed by atoms with Crippen molar-refractivity contribution in [3.63, 3.8) is 0 Å². The Labute approximate surface area is 361 Å². The molecule has 0 radical (unpaired) electrons. The van der Waals surface area contributed by atoms with Crippen LogP contribution in [0.1, 0.15) is 284 Å². The van der Waals surface area contributed by atoms with Crippen LogP contribution in [0.3, 0.4) is 0 Å². The van der Waals surface area contributed by atoms with E-state index in [9.17, 15) is 19.8 Å². The van der Waals surface area contributed by atoms with Gasteiger partial charge in [-0.15, -0.1) is 0 Å². The number of hydrogen-bond acceptors (Lipinski definition) is 5. The maximum atomic E-state index is 12.4. The number of nitrogens with one attached hydrogen (secondary N) is 1. The van der Waals surface area contributed by atoms with Crippen molar-refractivity contribution in [1.82, 2.24) is 5.32 Å². The van der Waals surface area contributed by atoms with Crippen LogP contribution in [0, 0.1) is 0 Å². The van der Waals surface area contributed by atoms with Crippen molar-refractivity contribution in [2.45, 2.75) is 296 Å². The Morgan fingerprint density at radius 2 is 0.810 bits per heavy atom. The number of esters is 1. The topological polar surface area (TPSA) is 95.9 Å². The Balaban J connectivity index is 3.46. The smallest absolute Gasteiger partial charge is 0.305 e. The first kappa shape index (κ1) is 56.6. The van der Waals surface area contributed by atoms with Gasteiger partial charge >= 0.3 is 5.97 Å². The van der Waals surface area contributed by atoms with E-state index in [4.69, 9.17) is 4.74 Å². The van der Waals surface area contributed by atoms with Crippen molar-refractivity contribution in [3.8, 4) is 0 Å². The average molecular weight is 820 g/mol. The fourth-order valence-corrected chi connectivity index (χ4v) is 8.05. The van der Waals surface area contributed by atoms with Crippen molar-refractivity contribution >= 4 is 11.9 Å². The van der Waals surface area contributed by atoms with Gasteiger partial charge in [0.1, 0.15) is 0 Å². The van der Waals surface area contributed by atoms with E-state index in [1.165, 1.54) is 193 Å². The Bertz CT molecular complexity index is 863. The zero-order chi connectivity index (χ0) is 42.3. The molecule has 3 N–H and O–H groups in total. The van der Waals surface area contributed by atoms with Crippen molar-refractivity contribution in [1.29, 1.82) is 0 Å². The average Bonchev–Trinajstić information content (AvgIpc) is 3.22. The summed E-state index contributed by atoms with van der Waals surface area (Å²) in [5.41, 5.74) is 0. The highest BCUT2D eigenvalue weighted by molar-refractivity contribution is 5.76. The molecule has 58 heavy (non-hydrogen) atoms. The maximum Gasteiger partial charge on any atom is 0.305 e. The van der Waals surface area contributed by atoms with Gasteiger partial charge in [0.05, 0.1) is 25.4 Å². The van der Waals surface area contributed by atoms with Crippen LogP contribution < -0.4 is 5.32 Å². The fourth-order valence-electron chi connectivity index (χ4n) is 8.05. The second-order valence-electron chi connectivity index (χ2n) is 17.9. The third-order valence-corrected chi connectivity index (χ3v) is 12.1. The minimum absolute atomic E-state index is 0.0252. The van der Waals surface area contributed by atoms with Crippen LogP contribution in [0.15, 0.2) is 12.2 Å². The highest BCUT2D eigenvalue weighted by Crippen LogP contribution is 2.16. The van der Waals surface area contributed by atoms with Gasteiger partial charge < -0.3 is 20.3 Å². The highest BCUT2D eigenvalue weighted by Gasteiger charge is 2.20. The van der Waals surface area contributed by atoms with E-state index in [1.807, 2.05) is 0 Å². The highest BCUT2D eigenvalue weighted by atomic mass is 16.5. The third kappa shape index (κ3) is 44.2. The molecule has 0 aromatic rings. The van der Waals surface area contributed by atoms with Gasteiger partial charge in [0, 0.05) is 12.8 Å². The summed E-state index contributed by atoms with van der Waals surface area (Å²) in [5.74, 6) is -0.0870. The van der Waals surface area contributed by atoms with Gasteiger partial charge in [0.15, 0.2) is 0 Å². The summed E-state index contributed by atoms with van der Waals surface area (Å²) in [5, 5.41) is 23.2. The maximum absolute atomic E-state index is 12.4. The molecule has 6 nitrogen and oxygen atoms in total. The second-order valence-corrected chi connectivity index (χ2v) is 17.9. The van der Waals surface area contributed by atoms with E-state index in [0.29, 0.717) is 25.9 Å². The molecule has 0 fully saturated rings. The first-order chi connectivity index (χ1) is 28.5. The molecule has 0 rings (SSSR count). The number of aliphatic hydroxyl groups is 2. The molecular formula is C52H101NO5. The predicted octanol–water partition coefficient (Wildman–Crippen LogP) is 15.3. The van der Waals surface area contributed by atoms with Crippen molar-refractivity contribution in [2.75, 3.05) is 13.2 Å². The summed E-state index contributed by atoms with van der Waals surface area (Å²) in [6.07, 6.45) is 54.6. The van der Waals surface area contributed by atoms with E-state index < -0.39 is 12.1 Å². The Morgan fingerprint density at radius 1 is 0.466 bits per heavy atom. The molecule has 6 heteroatoms. The Kier molecular flexibility index (Phi) is 47.1. The molecule has 0 aliphatic rings. The molecule has 0 spiro atoms. The molecule has 0 aliphatic carbocycles. The summed E-state index contributed by atoms with van der Waals surface area (Å²) < 4.78 is 5.46. The SMILES string of the molecule is CCCCCCCC/C=C\CCCCCCCCCCCC(=O)OCCCCCCCCCCCC(=O)NC(CO)C(O)CCCCCCCCCCCCCCC. The van der Waals surface area contributed by atoms with Crippen LogP contribution in [0.25, 0.3) is 0 Å². The molecule has 0 saturated carbocycles. The zero-order valence-electron chi connectivity index (χ0n) is 39.0. The number of rotatable bonds is 48. The van der Waals surface area contributed by atoms with Gasteiger partial charge in [-0.3, -0.25) is 9.59 Å². The number of allylic oxidation sites excluding steroid dienone is 2. The monoisotopic (exact) mass is 820 g/mol. The van der Waals surface area contributed by atoms with E-state index >= 15 is 0 Å². The van der Waals surface area contributed by atoms with Gasteiger partial charge in [-0.05, 0) is 51.4 Å². The summed E-state index contributed by atoms with van der Waals surface area (Å²) in [6.45, 7) is 4.89. The molecule has 0 heterocycles. The van der Waals surface area contributed by atoms with Gasteiger partial charge in [0.25, 0.3) is 0 Å². The van der Waals surface area contributed by atoms with E-state index in [-0.39, 0.29) is 18.5 Å². The molecule has 0 bridgehead atoms. The van der Waals surface area contributed by atoms with Gasteiger partial charge in [0.2, 0.25) is 5.91 Å². The Morgan fingerprint density at radius 3 is 1.22 bits per heavy atom. The molecule has 2 atom stereocenters. The lowest BCUT2D eigenvalue weighted by Gasteiger charge is -2.22. The quantitative estimate of drug-likeness (QED) is 0.0323. The number of hydrogen-bond donors (Lipinski definition) is 3. The van der Waals surface area contributed by atoms with Gasteiger partial charge in [-0.1, -0.05) is 231 Å². The van der Waals surface area contributed by atoms with Gasteiger partial charge in [-0.25, -0.2) is 0 Å². The minimum atomic E-state index is -0.680.